The van der Waals surface area contributed by atoms with Crippen molar-refractivity contribution in [3.8, 4) is 11.5 Å². The lowest BCUT2D eigenvalue weighted by Gasteiger charge is -2.31. The van der Waals surface area contributed by atoms with Crippen molar-refractivity contribution >= 4 is 30.4 Å². The first-order chi connectivity index (χ1) is 16.3. The van der Waals surface area contributed by atoms with Gasteiger partial charge >= 0.3 is 5.97 Å². The highest BCUT2D eigenvalue weighted by Gasteiger charge is 2.44. The molecule has 0 bridgehead atoms. The Kier molecular flexibility index (Phi) is 9.15. The number of carboxylic acids is 1. The number of pyridine rings is 1. The summed E-state index contributed by atoms with van der Waals surface area (Å²) in [5.74, 6) is -1.26. The highest BCUT2D eigenvalue weighted by atomic mass is 32.1. The van der Waals surface area contributed by atoms with Crippen molar-refractivity contribution in [2.24, 2.45) is 0 Å². The van der Waals surface area contributed by atoms with E-state index in [0.717, 1.165) is 32.1 Å². The first-order valence-corrected chi connectivity index (χ1v) is 12.4. The Bertz CT molecular complexity index is 955. The zero-order chi connectivity index (χ0) is 24.6. The SMILES string of the molecule is CCCCCC(S)C(=O)NC1(C(=O)NC(Cc2ccc(-c3ccco3)nc2)C(=O)O)CCCC1. The van der Waals surface area contributed by atoms with Crippen LogP contribution in [-0.2, 0) is 20.8 Å². The fourth-order valence-corrected chi connectivity index (χ4v) is 4.52. The van der Waals surface area contributed by atoms with Gasteiger partial charge in [0, 0.05) is 12.6 Å². The van der Waals surface area contributed by atoms with Crippen LogP contribution in [-0.4, -0.2) is 44.7 Å². The Morgan fingerprint density at radius 3 is 2.56 bits per heavy atom. The maximum absolute atomic E-state index is 13.3. The molecule has 0 aliphatic heterocycles. The minimum absolute atomic E-state index is 0.0722. The molecule has 0 saturated heterocycles. The lowest BCUT2D eigenvalue weighted by Crippen LogP contribution is -2.61. The molecule has 2 amide bonds. The van der Waals surface area contributed by atoms with Crippen LogP contribution in [0.15, 0.2) is 41.1 Å². The van der Waals surface area contributed by atoms with Crippen molar-refractivity contribution in [2.45, 2.75) is 81.5 Å². The van der Waals surface area contributed by atoms with Gasteiger partial charge in [0.1, 0.15) is 17.3 Å². The lowest BCUT2D eigenvalue weighted by molar-refractivity contribution is -0.143. The predicted molar refractivity (Wildman–Crippen MR) is 131 cm³/mol. The fourth-order valence-electron chi connectivity index (χ4n) is 4.27. The number of carbonyl (C=O) groups is 3. The largest absolute Gasteiger partial charge is 0.480 e. The average Bonchev–Trinajstić information content (AvgIpc) is 3.52. The van der Waals surface area contributed by atoms with Crippen molar-refractivity contribution in [3.05, 3.63) is 42.3 Å². The third-order valence-corrected chi connectivity index (χ3v) is 6.77. The number of furan rings is 1. The van der Waals surface area contributed by atoms with Gasteiger partial charge in [0.15, 0.2) is 5.76 Å². The molecule has 0 radical (unpaired) electrons. The number of carboxylic acid groups (broad SMARTS) is 1. The van der Waals surface area contributed by atoms with Gasteiger partial charge in [-0.25, -0.2) is 4.79 Å². The topological polar surface area (TPSA) is 122 Å². The summed E-state index contributed by atoms with van der Waals surface area (Å²) in [4.78, 5) is 42.3. The number of rotatable bonds is 12. The number of carbonyl (C=O) groups excluding carboxylic acids is 2. The van der Waals surface area contributed by atoms with Gasteiger partial charge in [-0.15, -0.1) is 0 Å². The number of aromatic nitrogens is 1. The number of hydrogen-bond acceptors (Lipinski definition) is 6. The molecule has 0 spiro atoms. The van der Waals surface area contributed by atoms with Gasteiger partial charge in [-0.3, -0.25) is 14.6 Å². The van der Waals surface area contributed by atoms with Crippen LogP contribution >= 0.6 is 12.6 Å². The van der Waals surface area contributed by atoms with Crippen LogP contribution in [0.4, 0.5) is 0 Å². The van der Waals surface area contributed by atoms with E-state index in [2.05, 4.69) is 35.2 Å². The lowest BCUT2D eigenvalue weighted by atomic mass is 9.94. The Morgan fingerprint density at radius 1 is 1.21 bits per heavy atom. The molecular weight excluding hydrogens is 454 g/mol. The number of thiol groups is 1. The number of nitrogens with one attached hydrogen (secondary N) is 2. The molecular formula is C25H33N3O5S. The molecule has 2 aromatic heterocycles. The number of amides is 2. The average molecular weight is 488 g/mol. The molecule has 1 aliphatic carbocycles. The predicted octanol–water partition coefficient (Wildman–Crippen LogP) is 3.76. The summed E-state index contributed by atoms with van der Waals surface area (Å²) in [6.07, 6.45) is 9.34. The van der Waals surface area contributed by atoms with Crippen molar-refractivity contribution in [1.82, 2.24) is 15.6 Å². The van der Waals surface area contributed by atoms with E-state index in [0.29, 0.717) is 36.3 Å². The van der Waals surface area contributed by atoms with E-state index in [1.54, 1.807) is 36.7 Å². The molecule has 3 rings (SSSR count). The molecule has 8 nitrogen and oxygen atoms in total. The first-order valence-electron chi connectivity index (χ1n) is 11.9. The van der Waals surface area contributed by atoms with Crippen LogP contribution in [0.2, 0.25) is 0 Å². The quantitative estimate of drug-likeness (QED) is 0.267. The summed E-state index contributed by atoms with van der Waals surface area (Å²) in [6, 6.07) is 5.92. The zero-order valence-electron chi connectivity index (χ0n) is 19.5. The molecule has 9 heteroatoms. The van der Waals surface area contributed by atoms with E-state index < -0.39 is 28.7 Å². The number of hydrogen-bond donors (Lipinski definition) is 4. The number of nitrogens with zero attached hydrogens (tertiary/aromatic N) is 1. The summed E-state index contributed by atoms with van der Waals surface area (Å²) in [5, 5.41) is 14.8. The van der Waals surface area contributed by atoms with Crippen molar-refractivity contribution in [2.75, 3.05) is 0 Å². The molecule has 184 valence electrons. The minimum Gasteiger partial charge on any atom is -0.480 e. The molecule has 0 aromatic carbocycles. The zero-order valence-corrected chi connectivity index (χ0v) is 20.4. The van der Waals surface area contributed by atoms with Gasteiger partial charge in [-0.2, -0.15) is 12.6 Å². The fraction of sp³-hybridized carbons (Fsp3) is 0.520. The van der Waals surface area contributed by atoms with Crippen molar-refractivity contribution in [1.29, 1.82) is 0 Å². The molecule has 2 heterocycles. The highest BCUT2D eigenvalue weighted by Crippen LogP contribution is 2.31. The number of aliphatic carboxylic acids is 1. The smallest absolute Gasteiger partial charge is 0.326 e. The normalized spacial score (nSPS) is 16.5. The van der Waals surface area contributed by atoms with Crippen LogP contribution < -0.4 is 10.6 Å². The van der Waals surface area contributed by atoms with Gasteiger partial charge in [0.2, 0.25) is 11.8 Å². The minimum atomic E-state index is -1.14. The summed E-state index contributed by atoms with van der Waals surface area (Å²) < 4.78 is 5.32. The summed E-state index contributed by atoms with van der Waals surface area (Å²) in [6.45, 7) is 2.09. The van der Waals surface area contributed by atoms with E-state index in [1.807, 2.05) is 0 Å². The Balaban J connectivity index is 1.65. The monoisotopic (exact) mass is 487 g/mol. The van der Waals surface area contributed by atoms with E-state index in [4.69, 9.17) is 4.42 Å². The maximum atomic E-state index is 13.3. The van der Waals surface area contributed by atoms with Gasteiger partial charge in [0.25, 0.3) is 0 Å². The molecule has 1 fully saturated rings. The maximum Gasteiger partial charge on any atom is 0.326 e. The van der Waals surface area contributed by atoms with Crippen LogP contribution in [0.1, 0.15) is 63.9 Å². The molecule has 1 saturated carbocycles. The van der Waals surface area contributed by atoms with Gasteiger partial charge in [0.05, 0.1) is 11.5 Å². The van der Waals surface area contributed by atoms with Gasteiger partial charge in [-0.1, -0.05) is 45.1 Å². The number of unbranched alkanes of at least 4 members (excludes halogenated alkanes) is 2. The van der Waals surface area contributed by atoms with Gasteiger partial charge in [-0.05, 0) is 43.0 Å². The van der Waals surface area contributed by atoms with Crippen molar-refractivity contribution < 1.29 is 23.9 Å². The second-order valence-corrected chi connectivity index (χ2v) is 9.51. The van der Waals surface area contributed by atoms with E-state index in [-0.39, 0.29) is 12.3 Å². The molecule has 2 atom stereocenters. The van der Waals surface area contributed by atoms with E-state index in [9.17, 15) is 19.5 Å². The highest BCUT2D eigenvalue weighted by molar-refractivity contribution is 7.81. The molecule has 2 unspecified atom stereocenters. The summed E-state index contributed by atoms with van der Waals surface area (Å²) >= 11 is 4.42. The van der Waals surface area contributed by atoms with Gasteiger partial charge < -0.3 is 20.2 Å². The molecule has 3 N–H and O–H groups in total. The van der Waals surface area contributed by atoms with Crippen LogP contribution in [0.3, 0.4) is 0 Å². The Morgan fingerprint density at radius 2 is 1.97 bits per heavy atom. The summed E-state index contributed by atoms with van der Waals surface area (Å²) in [7, 11) is 0. The summed E-state index contributed by atoms with van der Waals surface area (Å²) in [5.41, 5.74) is 0.203. The second kappa shape index (κ2) is 12.1. The van der Waals surface area contributed by atoms with Crippen LogP contribution in [0.5, 0.6) is 0 Å². The molecule has 34 heavy (non-hydrogen) atoms. The van der Waals surface area contributed by atoms with E-state index in [1.165, 1.54) is 0 Å². The Hall–Kier alpha value is -2.81. The third kappa shape index (κ3) is 6.62. The third-order valence-electron chi connectivity index (χ3n) is 6.28. The van der Waals surface area contributed by atoms with Crippen LogP contribution in [0.25, 0.3) is 11.5 Å². The van der Waals surface area contributed by atoms with Crippen molar-refractivity contribution in [3.63, 3.8) is 0 Å². The Labute approximate surface area is 205 Å². The second-order valence-electron chi connectivity index (χ2n) is 8.89. The van der Waals surface area contributed by atoms with E-state index >= 15 is 0 Å². The van der Waals surface area contributed by atoms with Crippen LogP contribution in [0, 0.1) is 0 Å². The first kappa shape index (κ1) is 25.8. The standard InChI is InChI=1S/C25H33N3O5S/c1-2-3-4-9-21(34)22(29)28-25(12-5-6-13-25)24(32)27-19(23(30)31)15-17-10-11-18(26-16-17)20-8-7-14-33-20/h7-8,10-11,14,16,19,21,34H,2-6,9,12-13,15H2,1H3,(H,27,32)(H,28,29)(H,30,31). The molecule has 2 aromatic rings. The molecule has 1 aliphatic rings.